The van der Waals surface area contributed by atoms with Gasteiger partial charge in [0.1, 0.15) is 23.7 Å². The molecular weight excluding hydrogens is 464 g/mol. The van der Waals surface area contributed by atoms with Crippen molar-refractivity contribution >= 4 is 12.0 Å². The average molecular weight is 486 g/mol. The highest BCUT2D eigenvalue weighted by Gasteiger charge is 2.58. The molecule has 3 rings (SSSR count). The maximum Gasteiger partial charge on any atom is 0.323 e. The highest BCUT2D eigenvalue weighted by Crippen LogP contribution is 2.45. The summed E-state index contributed by atoms with van der Waals surface area (Å²) in [5, 5.41) is 17.7. The van der Waals surface area contributed by atoms with E-state index in [1.807, 2.05) is 12.1 Å². The number of anilines is 1. The number of nitrogens with zero attached hydrogens (tertiary/aromatic N) is 3. The summed E-state index contributed by atoms with van der Waals surface area (Å²) in [7, 11) is 1.78. The number of hydrogen-bond acceptors (Lipinski definition) is 6. The molecule has 0 aliphatic heterocycles. The minimum absolute atomic E-state index is 0.328. The van der Waals surface area contributed by atoms with Gasteiger partial charge < -0.3 is 16.3 Å². The number of hydrazine groups is 1. The van der Waals surface area contributed by atoms with Gasteiger partial charge in [0.05, 0.1) is 6.54 Å². The van der Waals surface area contributed by atoms with Crippen LogP contribution in [0.4, 0.5) is 23.2 Å². The highest BCUT2D eigenvalue weighted by molar-refractivity contribution is 5.54. The third kappa shape index (κ3) is 5.51. The number of nitrogens with two attached hydrogens (primary N) is 2. The van der Waals surface area contributed by atoms with Gasteiger partial charge in [0.2, 0.25) is 0 Å². The molecule has 3 aromatic rings. The van der Waals surface area contributed by atoms with Crippen molar-refractivity contribution in [3.05, 3.63) is 94.8 Å². The fraction of sp³-hybridized carbons (Fsp3) is 0.167. The molecule has 0 bridgehead atoms. The quantitative estimate of drug-likeness (QED) is 0.102. The van der Waals surface area contributed by atoms with Crippen LogP contribution in [-0.2, 0) is 11.5 Å². The Balaban J connectivity index is 1.97. The second-order valence-corrected chi connectivity index (χ2v) is 7.51. The van der Waals surface area contributed by atoms with E-state index < -0.39 is 41.0 Å². The summed E-state index contributed by atoms with van der Waals surface area (Å²) in [6.07, 6.45) is 1.86. The number of pyridine rings is 1. The molecule has 0 radical (unpaired) electrons. The first-order valence-electron chi connectivity index (χ1n) is 10.2. The second kappa shape index (κ2) is 10.4. The third-order valence-electron chi connectivity index (χ3n) is 5.13. The Kier molecular flexibility index (Phi) is 7.58. The van der Waals surface area contributed by atoms with Crippen LogP contribution in [0.2, 0.25) is 0 Å². The van der Waals surface area contributed by atoms with Gasteiger partial charge in [-0.3, -0.25) is 9.99 Å². The van der Waals surface area contributed by atoms with Crippen LogP contribution >= 0.6 is 0 Å². The van der Waals surface area contributed by atoms with E-state index in [4.69, 9.17) is 11.7 Å². The Morgan fingerprint density at radius 3 is 2.31 bits per heavy atom. The van der Waals surface area contributed by atoms with Crippen molar-refractivity contribution in [3.63, 3.8) is 0 Å². The maximum absolute atomic E-state index is 15.7. The molecule has 0 aliphatic rings. The lowest BCUT2D eigenvalue weighted by molar-refractivity contribution is -0.203. The number of aliphatic hydroxyl groups is 1. The van der Waals surface area contributed by atoms with Crippen LogP contribution in [0, 0.1) is 23.5 Å². The number of halogens is 4. The first kappa shape index (κ1) is 25.5. The van der Waals surface area contributed by atoms with Crippen molar-refractivity contribution < 1.29 is 22.7 Å². The predicted octanol–water partition coefficient (Wildman–Crippen LogP) is 2.86. The van der Waals surface area contributed by atoms with Gasteiger partial charge in [0.15, 0.2) is 5.60 Å². The van der Waals surface area contributed by atoms with Gasteiger partial charge in [-0.15, -0.1) is 0 Å². The van der Waals surface area contributed by atoms with E-state index in [1.54, 1.807) is 19.2 Å². The van der Waals surface area contributed by atoms with Gasteiger partial charge in [0, 0.05) is 41.7 Å². The van der Waals surface area contributed by atoms with E-state index in [2.05, 4.69) is 27.2 Å². The van der Waals surface area contributed by atoms with Crippen molar-refractivity contribution in [2.24, 2.45) is 16.8 Å². The highest BCUT2D eigenvalue weighted by atomic mass is 19.3. The predicted molar refractivity (Wildman–Crippen MR) is 124 cm³/mol. The van der Waals surface area contributed by atoms with Crippen LogP contribution in [0.25, 0.3) is 0 Å². The lowest BCUT2D eigenvalue weighted by Gasteiger charge is -2.37. The normalized spacial score (nSPS) is 13.1. The van der Waals surface area contributed by atoms with Crippen molar-refractivity contribution in [3.8, 4) is 11.8 Å². The van der Waals surface area contributed by atoms with E-state index in [0.717, 1.165) is 30.4 Å². The fourth-order valence-corrected chi connectivity index (χ4v) is 3.30. The summed E-state index contributed by atoms with van der Waals surface area (Å²) in [5.74, 6) is 9.68. The van der Waals surface area contributed by atoms with Gasteiger partial charge in [-0.2, -0.15) is 13.9 Å². The van der Waals surface area contributed by atoms with E-state index in [1.165, 1.54) is 6.07 Å². The minimum Gasteiger partial charge on any atom is -0.388 e. The summed E-state index contributed by atoms with van der Waals surface area (Å²) >= 11 is 0. The molecule has 1 atom stereocenters. The van der Waals surface area contributed by atoms with Crippen LogP contribution in [0.5, 0.6) is 0 Å². The average Bonchev–Trinajstić information content (AvgIpc) is 2.83. The molecule has 35 heavy (non-hydrogen) atoms. The van der Waals surface area contributed by atoms with Gasteiger partial charge in [-0.05, 0) is 48.5 Å². The molecule has 1 heterocycles. The smallest absolute Gasteiger partial charge is 0.323 e. The number of rotatable bonds is 7. The van der Waals surface area contributed by atoms with E-state index >= 15 is 8.78 Å². The first-order chi connectivity index (χ1) is 16.6. The maximum atomic E-state index is 15.7. The third-order valence-corrected chi connectivity index (χ3v) is 5.13. The van der Waals surface area contributed by atoms with Crippen LogP contribution in [0.3, 0.4) is 0 Å². The van der Waals surface area contributed by atoms with Gasteiger partial charge >= 0.3 is 5.92 Å². The van der Waals surface area contributed by atoms with Gasteiger partial charge in [-0.25, -0.2) is 14.6 Å². The second-order valence-electron chi connectivity index (χ2n) is 7.51. The largest absolute Gasteiger partial charge is 0.388 e. The Bertz CT molecular complexity index is 1260. The Labute approximate surface area is 199 Å². The summed E-state index contributed by atoms with van der Waals surface area (Å²) < 4.78 is 59.2. The van der Waals surface area contributed by atoms with Gasteiger partial charge in [0.25, 0.3) is 0 Å². The lowest BCUT2D eigenvalue weighted by Crippen LogP contribution is -2.53. The molecule has 2 aromatic carbocycles. The standard InChI is InChI=1S/C24H22F4N6O/c1-31-19-8-4-16(5-9-19)2-3-17-6-11-22(32-13-17)24(27,28)23(35,14-34(30)15-33-29)20-10-7-18(25)12-21(20)26/h4-13,15,31,35H,14,29-30H2,1H3/b33-15-. The SMILES string of the molecule is CNc1ccc(C#Cc2ccc(C(F)(F)C(O)(CN(N)/C=N\N)c3ccc(F)cc3F)nc2)cc1. The van der Waals surface area contributed by atoms with Crippen molar-refractivity contribution in [2.45, 2.75) is 11.5 Å². The molecule has 0 saturated heterocycles. The molecule has 11 heteroatoms. The topological polar surface area (TPSA) is 113 Å². The molecule has 0 fully saturated rings. The Morgan fingerprint density at radius 2 is 1.74 bits per heavy atom. The number of alkyl halides is 2. The monoisotopic (exact) mass is 486 g/mol. The summed E-state index contributed by atoms with van der Waals surface area (Å²) in [4.78, 5) is 3.75. The van der Waals surface area contributed by atoms with Crippen LogP contribution in [0.15, 0.2) is 65.9 Å². The molecular formula is C24H22F4N6O. The summed E-state index contributed by atoms with van der Waals surface area (Å²) in [6, 6.07) is 11.3. The Morgan fingerprint density at radius 1 is 1.09 bits per heavy atom. The molecule has 7 nitrogen and oxygen atoms in total. The minimum atomic E-state index is -4.18. The number of hydrogen-bond donors (Lipinski definition) is 4. The van der Waals surface area contributed by atoms with E-state index in [-0.39, 0.29) is 0 Å². The zero-order valence-corrected chi connectivity index (χ0v) is 18.5. The molecule has 6 N–H and O–H groups in total. The first-order valence-corrected chi connectivity index (χ1v) is 10.2. The molecule has 0 amide bonds. The molecule has 0 aliphatic carbocycles. The number of nitrogens with one attached hydrogen (secondary N) is 1. The van der Waals surface area contributed by atoms with Crippen molar-refractivity contribution in [1.82, 2.24) is 9.99 Å². The zero-order chi connectivity index (χ0) is 25.6. The molecule has 182 valence electrons. The van der Waals surface area contributed by atoms with Crippen LogP contribution in [0.1, 0.15) is 22.4 Å². The van der Waals surface area contributed by atoms with Crippen molar-refractivity contribution in [1.29, 1.82) is 0 Å². The fourth-order valence-electron chi connectivity index (χ4n) is 3.30. The molecule has 0 spiro atoms. The molecule has 1 aromatic heterocycles. The van der Waals surface area contributed by atoms with Crippen LogP contribution < -0.4 is 17.0 Å². The number of aromatic nitrogens is 1. The summed E-state index contributed by atoms with van der Waals surface area (Å²) in [6.45, 7) is -1.05. The molecule has 1 unspecified atom stereocenters. The number of hydrazone groups is 1. The lowest BCUT2D eigenvalue weighted by atomic mass is 9.84. The zero-order valence-electron chi connectivity index (χ0n) is 18.5. The molecule has 0 saturated carbocycles. The van der Waals surface area contributed by atoms with E-state index in [9.17, 15) is 13.9 Å². The number of benzene rings is 2. The van der Waals surface area contributed by atoms with Gasteiger partial charge in [-0.1, -0.05) is 11.8 Å². The van der Waals surface area contributed by atoms with Crippen molar-refractivity contribution in [2.75, 3.05) is 18.9 Å². The van der Waals surface area contributed by atoms with Crippen LogP contribution in [-0.4, -0.2) is 35.0 Å². The van der Waals surface area contributed by atoms with E-state index in [0.29, 0.717) is 28.3 Å². The summed E-state index contributed by atoms with van der Waals surface area (Å²) in [5.41, 5.74) is -3.11. The Hall–Kier alpha value is -4.14.